The van der Waals surface area contributed by atoms with E-state index in [1.165, 1.54) is 13.2 Å². The molecular weight excluding hydrogens is 356 g/mol. The quantitative estimate of drug-likeness (QED) is 0.827. The van der Waals surface area contributed by atoms with Gasteiger partial charge in [-0.25, -0.2) is 13.4 Å². The van der Waals surface area contributed by atoms with Crippen LogP contribution >= 0.6 is 0 Å². The van der Waals surface area contributed by atoms with Crippen LogP contribution in [-0.4, -0.2) is 66.2 Å². The van der Waals surface area contributed by atoms with Crippen LogP contribution in [0.3, 0.4) is 0 Å². The SMILES string of the molecule is CNC(=O)CS(=O)(=O)C1CCN(C(=O)c2cnc3ccccc3n2)CC1. The number of nitrogens with zero attached hydrogens (tertiary/aromatic N) is 3. The number of sulfone groups is 1. The highest BCUT2D eigenvalue weighted by Gasteiger charge is 2.33. The van der Waals surface area contributed by atoms with E-state index in [9.17, 15) is 18.0 Å². The van der Waals surface area contributed by atoms with Crippen LogP contribution in [0.25, 0.3) is 11.0 Å². The lowest BCUT2D eigenvalue weighted by molar-refractivity contribution is -0.118. The Labute approximate surface area is 151 Å². The van der Waals surface area contributed by atoms with Gasteiger partial charge >= 0.3 is 0 Å². The molecule has 1 aromatic heterocycles. The smallest absolute Gasteiger partial charge is 0.274 e. The van der Waals surface area contributed by atoms with Gasteiger partial charge in [-0.15, -0.1) is 0 Å². The summed E-state index contributed by atoms with van der Waals surface area (Å²) in [5.74, 6) is -1.29. The Morgan fingerprint density at radius 1 is 1.19 bits per heavy atom. The average Bonchev–Trinajstić information content (AvgIpc) is 2.66. The first-order valence-electron chi connectivity index (χ1n) is 8.34. The number of para-hydroxylation sites is 2. The Kier molecular flexibility index (Phi) is 5.17. The molecule has 1 saturated heterocycles. The molecule has 0 bridgehead atoms. The number of likely N-dealkylation sites (tertiary alicyclic amines) is 1. The van der Waals surface area contributed by atoms with Gasteiger partial charge in [0, 0.05) is 20.1 Å². The molecule has 1 fully saturated rings. The fourth-order valence-electron chi connectivity index (χ4n) is 3.01. The fraction of sp³-hybridized carbons (Fsp3) is 0.412. The summed E-state index contributed by atoms with van der Waals surface area (Å²) in [6, 6.07) is 7.28. The number of piperidine rings is 1. The normalized spacial score (nSPS) is 15.8. The molecule has 1 aromatic carbocycles. The Bertz CT molecular complexity index is 937. The van der Waals surface area contributed by atoms with Gasteiger partial charge in [0.25, 0.3) is 5.91 Å². The maximum atomic E-state index is 12.6. The Hall–Kier alpha value is -2.55. The number of hydrogen-bond donors (Lipinski definition) is 1. The molecule has 26 heavy (non-hydrogen) atoms. The standard InChI is InChI=1S/C17H20N4O4S/c1-18-16(22)11-26(24,25)12-6-8-21(9-7-12)17(23)15-10-19-13-4-2-3-5-14(13)20-15/h2-5,10,12H,6-9,11H2,1H3,(H,18,22). The molecule has 2 aromatic rings. The molecule has 0 unspecified atom stereocenters. The van der Waals surface area contributed by atoms with Crippen molar-refractivity contribution in [1.29, 1.82) is 0 Å². The molecule has 1 aliphatic heterocycles. The van der Waals surface area contributed by atoms with E-state index in [-0.39, 0.29) is 11.6 Å². The van der Waals surface area contributed by atoms with Crippen LogP contribution in [0.5, 0.6) is 0 Å². The molecule has 2 amide bonds. The number of hydrogen-bond acceptors (Lipinski definition) is 6. The van der Waals surface area contributed by atoms with Gasteiger partial charge in [0.15, 0.2) is 9.84 Å². The molecule has 138 valence electrons. The number of fused-ring (bicyclic) bond motifs is 1. The van der Waals surface area contributed by atoms with Crippen molar-refractivity contribution < 1.29 is 18.0 Å². The maximum Gasteiger partial charge on any atom is 0.274 e. The number of nitrogens with one attached hydrogen (secondary N) is 1. The number of rotatable bonds is 4. The average molecular weight is 376 g/mol. The maximum absolute atomic E-state index is 12.6. The van der Waals surface area contributed by atoms with E-state index in [1.54, 1.807) is 11.0 Å². The van der Waals surface area contributed by atoms with Gasteiger partial charge in [-0.1, -0.05) is 12.1 Å². The lowest BCUT2D eigenvalue weighted by Crippen LogP contribution is -2.44. The van der Waals surface area contributed by atoms with Crippen LogP contribution in [0.2, 0.25) is 0 Å². The van der Waals surface area contributed by atoms with Crippen molar-refractivity contribution in [2.45, 2.75) is 18.1 Å². The minimum absolute atomic E-state index is 0.246. The number of carbonyl (C=O) groups is 2. The van der Waals surface area contributed by atoms with Crippen LogP contribution in [-0.2, 0) is 14.6 Å². The van der Waals surface area contributed by atoms with E-state index < -0.39 is 26.7 Å². The third-order valence-corrected chi connectivity index (χ3v) is 6.67. The monoisotopic (exact) mass is 376 g/mol. The van der Waals surface area contributed by atoms with Crippen LogP contribution < -0.4 is 5.32 Å². The van der Waals surface area contributed by atoms with Crippen LogP contribution in [0.1, 0.15) is 23.3 Å². The Balaban J connectivity index is 1.67. The first kappa shape index (κ1) is 18.2. The van der Waals surface area contributed by atoms with Gasteiger partial charge in [0.2, 0.25) is 5.91 Å². The first-order chi connectivity index (χ1) is 12.4. The lowest BCUT2D eigenvalue weighted by atomic mass is 10.1. The minimum atomic E-state index is -3.52. The van der Waals surface area contributed by atoms with E-state index in [1.807, 2.05) is 18.2 Å². The summed E-state index contributed by atoms with van der Waals surface area (Å²) in [6.45, 7) is 0.621. The highest BCUT2D eigenvalue weighted by atomic mass is 32.2. The number of carbonyl (C=O) groups excluding carboxylic acids is 2. The van der Waals surface area contributed by atoms with Crippen molar-refractivity contribution in [3.05, 3.63) is 36.2 Å². The van der Waals surface area contributed by atoms with E-state index in [4.69, 9.17) is 0 Å². The van der Waals surface area contributed by atoms with Gasteiger partial charge in [0.1, 0.15) is 11.4 Å². The predicted molar refractivity (Wildman–Crippen MR) is 96.3 cm³/mol. The molecule has 0 atom stereocenters. The zero-order valence-electron chi connectivity index (χ0n) is 14.4. The molecule has 0 saturated carbocycles. The molecule has 2 heterocycles. The largest absolute Gasteiger partial charge is 0.358 e. The fourth-order valence-corrected chi connectivity index (χ4v) is 4.69. The van der Waals surface area contributed by atoms with Gasteiger partial charge in [-0.2, -0.15) is 0 Å². The van der Waals surface area contributed by atoms with E-state index in [0.29, 0.717) is 37.0 Å². The summed E-state index contributed by atoms with van der Waals surface area (Å²) in [6.07, 6.45) is 2.07. The summed E-state index contributed by atoms with van der Waals surface area (Å²) in [7, 11) is -2.11. The van der Waals surface area contributed by atoms with Crippen molar-refractivity contribution in [3.63, 3.8) is 0 Å². The molecule has 0 radical (unpaired) electrons. The van der Waals surface area contributed by atoms with Crippen molar-refractivity contribution in [2.75, 3.05) is 25.9 Å². The first-order valence-corrected chi connectivity index (χ1v) is 10.1. The molecular formula is C17H20N4O4S. The summed E-state index contributed by atoms with van der Waals surface area (Å²) in [4.78, 5) is 34.2. The Morgan fingerprint density at radius 2 is 1.85 bits per heavy atom. The number of amides is 2. The van der Waals surface area contributed by atoms with Gasteiger partial charge < -0.3 is 10.2 Å². The molecule has 0 spiro atoms. The summed E-state index contributed by atoms with van der Waals surface area (Å²) >= 11 is 0. The molecule has 8 nitrogen and oxygen atoms in total. The van der Waals surface area contributed by atoms with Crippen LogP contribution in [0.4, 0.5) is 0 Å². The van der Waals surface area contributed by atoms with Crippen molar-refractivity contribution in [1.82, 2.24) is 20.2 Å². The van der Waals surface area contributed by atoms with Crippen molar-refractivity contribution >= 4 is 32.7 Å². The van der Waals surface area contributed by atoms with Gasteiger partial charge in [-0.05, 0) is 25.0 Å². The van der Waals surface area contributed by atoms with Gasteiger partial charge in [-0.3, -0.25) is 14.6 Å². The lowest BCUT2D eigenvalue weighted by Gasteiger charge is -2.31. The second kappa shape index (κ2) is 7.36. The molecule has 1 N–H and O–H groups in total. The second-order valence-electron chi connectivity index (χ2n) is 6.22. The topological polar surface area (TPSA) is 109 Å². The van der Waals surface area contributed by atoms with Crippen LogP contribution in [0.15, 0.2) is 30.5 Å². The summed E-state index contributed by atoms with van der Waals surface area (Å²) in [5.41, 5.74) is 1.60. The molecule has 1 aliphatic rings. The van der Waals surface area contributed by atoms with Crippen molar-refractivity contribution in [2.24, 2.45) is 0 Å². The molecule has 9 heteroatoms. The number of aromatic nitrogens is 2. The summed E-state index contributed by atoms with van der Waals surface area (Å²) < 4.78 is 24.5. The van der Waals surface area contributed by atoms with E-state index in [2.05, 4.69) is 15.3 Å². The van der Waals surface area contributed by atoms with Gasteiger partial charge in [0.05, 0.1) is 22.5 Å². The third kappa shape index (κ3) is 3.82. The summed E-state index contributed by atoms with van der Waals surface area (Å²) in [5, 5.41) is 1.72. The third-order valence-electron chi connectivity index (χ3n) is 4.52. The zero-order chi connectivity index (χ0) is 18.7. The molecule has 0 aliphatic carbocycles. The Morgan fingerprint density at radius 3 is 2.50 bits per heavy atom. The predicted octanol–water partition coefficient (Wildman–Crippen LogP) is 0.395. The number of benzene rings is 1. The highest BCUT2D eigenvalue weighted by Crippen LogP contribution is 2.20. The van der Waals surface area contributed by atoms with E-state index in [0.717, 1.165) is 0 Å². The van der Waals surface area contributed by atoms with E-state index >= 15 is 0 Å². The molecule has 3 rings (SSSR count). The second-order valence-corrected chi connectivity index (χ2v) is 8.50. The highest BCUT2D eigenvalue weighted by molar-refractivity contribution is 7.92. The minimum Gasteiger partial charge on any atom is -0.358 e. The zero-order valence-corrected chi connectivity index (χ0v) is 15.2. The van der Waals surface area contributed by atoms with Crippen LogP contribution in [0, 0.1) is 0 Å². The van der Waals surface area contributed by atoms with Crippen molar-refractivity contribution in [3.8, 4) is 0 Å².